The first-order chi connectivity index (χ1) is 11.7. The van der Waals surface area contributed by atoms with Crippen LogP contribution in [0.5, 0.6) is 0 Å². The van der Waals surface area contributed by atoms with Crippen molar-refractivity contribution in [3.05, 3.63) is 29.8 Å². The second-order valence-electron chi connectivity index (χ2n) is 6.40. The fourth-order valence-corrected chi connectivity index (χ4v) is 2.73. The van der Waals surface area contributed by atoms with E-state index in [4.69, 9.17) is 4.74 Å². The van der Waals surface area contributed by atoms with Crippen molar-refractivity contribution in [2.45, 2.75) is 19.3 Å². The Balaban J connectivity index is 1.37. The zero-order valence-electron chi connectivity index (χ0n) is 13.9. The summed E-state index contributed by atoms with van der Waals surface area (Å²) in [7, 11) is 0. The number of anilines is 1. The molecule has 2 N–H and O–H groups in total. The standard InChI is InChI=1S/C18H25N3O3/c22-17(19-8-1-9-21-10-12-24-13-11-21)14-4-6-16(7-5-14)20-18(23)15-2-3-15/h4-7,15H,1-3,8-13H2,(H,19,22)(H,20,23). The lowest BCUT2D eigenvalue weighted by Gasteiger charge is -2.26. The van der Waals surface area contributed by atoms with E-state index in [2.05, 4.69) is 15.5 Å². The van der Waals surface area contributed by atoms with Gasteiger partial charge in [-0.15, -0.1) is 0 Å². The van der Waals surface area contributed by atoms with Crippen LogP contribution in [-0.2, 0) is 9.53 Å². The zero-order valence-corrected chi connectivity index (χ0v) is 13.9. The third kappa shape index (κ3) is 5.04. The van der Waals surface area contributed by atoms with E-state index in [1.807, 2.05) is 0 Å². The molecule has 1 saturated heterocycles. The van der Waals surface area contributed by atoms with Crippen LogP contribution in [0.2, 0.25) is 0 Å². The average Bonchev–Trinajstić information content (AvgIpc) is 3.45. The number of nitrogens with zero attached hydrogens (tertiary/aromatic N) is 1. The number of morpholine rings is 1. The van der Waals surface area contributed by atoms with E-state index in [1.54, 1.807) is 24.3 Å². The van der Waals surface area contributed by atoms with Crippen molar-refractivity contribution in [2.75, 3.05) is 44.7 Å². The first-order valence-corrected chi connectivity index (χ1v) is 8.71. The SMILES string of the molecule is O=C(NCCCN1CCOCC1)c1ccc(NC(=O)C2CC2)cc1. The summed E-state index contributed by atoms with van der Waals surface area (Å²) in [4.78, 5) is 26.2. The van der Waals surface area contributed by atoms with E-state index < -0.39 is 0 Å². The summed E-state index contributed by atoms with van der Waals surface area (Å²) >= 11 is 0. The summed E-state index contributed by atoms with van der Waals surface area (Å²) in [6, 6.07) is 7.06. The highest BCUT2D eigenvalue weighted by molar-refractivity contribution is 5.96. The molecule has 24 heavy (non-hydrogen) atoms. The summed E-state index contributed by atoms with van der Waals surface area (Å²) in [5.74, 6) is 0.187. The Labute approximate surface area is 142 Å². The molecule has 1 saturated carbocycles. The molecule has 0 bridgehead atoms. The van der Waals surface area contributed by atoms with Gasteiger partial charge in [-0.25, -0.2) is 0 Å². The van der Waals surface area contributed by atoms with Crippen LogP contribution in [0.15, 0.2) is 24.3 Å². The molecule has 2 fully saturated rings. The Morgan fingerprint density at radius 1 is 1.12 bits per heavy atom. The predicted molar refractivity (Wildman–Crippen MR) is 92.0 cm³/mol. The normalized spacial score (nSPS) is 18.2. The summed E-state index contributed by atoms with van der Waals surface area (Å²) in [5, 5.41) is 5.82. The largest absolute Gasteiger partial charge is 0.379 e. The maximum atomic E-state index is 12.1. The van der Waals surface area contributed by atoms with Crippen LogP contribution >= 0.6 is 0 Å². The number of ether oxygens (including phenoxy) is 1. The fraction of sp³-hybridized carbons (Fsp3) is 0.556. The van der Waals surface area contributed by atoms with E-state index in [0.717, 1.165) is 57.8 Å². The van der Waals surface area contributed by atoms with Crippen LogP contribution in [0.1, 0.15) is 29.6 Å². The fourth-order valence-electron chi connectivity index (χ4n) is 2.73. The molecule has 130 valence electrons. The van der Waals surface area contributed by atoms with Crippen LogP contribution in [0.25, 0.3) is 0 Å². The van der Waals surface area contributed by atoms with Crippen LogP contribution < -0.4 is 10.6 Å². The molecule has 1 aliphatic carbocycles. The van der Waals surface area contributed by atoms with Gasteiger partial charge >= 0.3 is 0 Å². The Morgan fingerprint density at radius 2 is 1.83 bits per heavy atom. The van der Waals surface area contributed by atoms with E-state index in [1.165, 1.54) is 0 Å². The number of hydrogen-bond donors (Lipinski definition) is 2. The van der Waals surface area contributed by atoms with Crippen LogP contribution in [0.3, 0.4) is 0 Å². The van der Waals surface area contributed by atoms with Gasteiger partial charge in [0.25, 0.3) is 5.91 Å². The van der Waals surface area contributed by atoms with Crippen LogP contribution in [0.4, 0.5) is 5.69 Å². The van der Waals surface area contributed by atoms with Gasteiger partial charge in [-0.1, -0.05) is 0 Å². The molecule has 6 heteroatoms. The highest BCUT2D eigenvalue weighted by Gasteiger charge is 2.29. The minimum absolute atomic E-state index is 0.0722. The summed E-state index contributed by atoms with van der Waals surface area (Å²) in [6.45, 7) is 5.20. The number of carbonyl (C=O) groups excluding carboxylic acids is 2. The van der Waals surface area contributed by atoms with Gasteiger partial charge in [-0.3, -0.25) is 14.5 Å². The third-order valence-electron chi connectivity index (χ3n) is 4.40. The van der Waals surface area contributed by atoms with Crippen LogP contribution in [0, 0.1) is 5.92 Å². The monoisotopic (exact) mass is 331 g/mol. The zero-order chi connectivity index (χ0) is 16.8. The van der Waals surface area contributed by atoms with Gasteiger partial charge in [0, 0.05) is 36.8 Å². The Kier molecular flexibility index (Phi) is 5.82. The highest BCUT2D eigenvalue weighted by atomic mass is 16.5. The van der Waals surface area contributed by atoms with E-state index >= 15 is 0 Å². The minimum Gasteiger partial charge on any atom is -0.379 e. The van der Waals surface area contributed by atoms with Gasteiger partial charge in [0.2, 0.25) is 5.91 Å². The van der Waals surface area contributed by atoms with Crippen molar-refractivity contribution in [2.24, 2.45) is 5.92 Å². The molecular weight excluding hydrogens is 306 g/mol. The van der Waals surface area contributed by atoms with Gasteiger partial charge in [0.15, 0.2) is 0 Å². The number of nitrogens with one attached hydrogen (secondary N) is 2. The van der Waals surface area contributed by atoms with E-state index in [9.17, 15) is 9.59 Å². The highest BCUT2D eigenvalue weighted by Crippen LogP contribution is 2.30. The minimum atomic E-state index is -0.0722. The molecular formula is C18H25N3O3. The topological polar surface area (TPSA) is 70.7 Å². The third-order valence-corrected chi connectivity index (χ3v) is 4.40. The molecule has 0 atom stereocenters. The smallest absolute Gasteiger partial charge is 0.251 e. The molecule has 2 amide bonds. The Morgan fingerprint density at radius 3 is 2.50 bits per heavy atom. The number of benzene rings is 1. The van der Waals surface area contributed by atoms with Crippen LogP contribution in [-0.4, -0.2) is 56.1 Å². The molecule has 0 aromatic heterocycles. The van der Waals surface area contributed by atoms with Crippen molar-refractivity contribution >= 4 is 17.5 Å². The molecule has 1 aromatic carbocycles. The van der Waals surface area contributed by atoms with Crippen molar-refractivity contribution < 1.29 is 14.3 Å². The quantitative estimate of drug-likeness (QED) is 0.743. The average molecular weight is 331 g/mol. The molecule has 1 aromatic rings. The predicted octanol–water partition coefficient (Wildman–Crippen LogP) is 1.49. The van der Waals surface area contributed by atoms with Crippen molar-refractivity contribution in [1.82, 2.24) is 10.2 Å². The lowest BCUT2D eigenvalue weighted by atomic mass is 10.2. The molecule has 0 unspecified atom stereocenters. The van der Waals surface area contributed by atoms with Gasteiger partial charge in [0.05, 0.1) is 13.2 Å². The second kappa shape index (κ2) is 8.26. The first-order valence-electron chi connectivity index (χ1n) is 8.71. The van der Waals surface area contributed by atoms with Gasteiger partial charge in [-0.05, 0) is 50.1 Å². The maximum Gasteiger partial charge on any atom is 0.251 e. The summed E-state index contributed by atoms with van der Waals surface area (Å²) in [6.07, 6.45) is 2.90. The molecule has 2 aliphatic rings. The van der Waals surface area contributed by atoms with Crippen molar-refractivity contribution in [3.63, 3.8) is 0 Å². The molecule has 6 nitrogen and oxygen atoms in total. The number of carbonyl (C=O) groups is 2. The molecule has 3 rings (SSSR count). The molecule has 1 heterocycles. The summed E-state index contributed by atoms with van der Waals surface area (Å²) < 4.78 is 5.31. The number of rotatable bonds is 7. The Bertz CT molecular complexity index is 563. The number of hydrogen-bond acceptors (Lipinski definition) is 4. The molecule has 0 radical (unpaired) electrons. The van der Waals surface area contributed by atoms with E-state index in [0.29, 0.717) is 12.1 Å². The number of amides is 2. The van der Waals surface area contributed by atoms with Gasteiger partial charge in [0.1, 0.15) is 0 Å². The van der Waals surface area contributed by atoms with Gasteiger partial charge in [-0.2, -0.15) is 0 Å². The van der Waals surface area contributed by atoms with Crippen molar-refractivity contribution in [1.29, 1.82) is 0 Å². The maximum absolute atomic E-state index is 12.1. The van der Waals surface area contributed by atoms with Gasteiger partial charge < -0.3 is 15.4 Å². The van der Waals surface area contributed by atoms with E-state index in [-0.39, 0.29) is 17.7 Å². The first kappa shape index (κ1) is 16.9. The molecule has 0 spiro atoms. The second-order valence-corrected chi connectivity index (χ2v) is 6.40. The molecule has 1 aliphatic heterocycles. The lowest BCUT2D eigenvalue weighted by molar-refractivity contribution is -0.117. The summed E-state index contributed by atoms with van der Waals surface area (Å²) in [5.41, 5.74) is 1.36. The Hall–Kier alpha value is -1.92. The van der Waals surface area contributed by atoms with Crippen molar-refractivity contribution in [3.8, 4) is 0 Å². The lowest BCUT2D eigenvalue weighted by Crippen LogP contribution is -2.38.